The number of nitrogens with zero attached hydrogens (tertiary/aromatic N) is 1. The maximum absolute atomic E-state index is 12.8. The summed E-state index contributed by atoms with van der Waals surface area (Å²) in [5.41, 5.74) is 3.64. The molecule has 31 heavy (non-hydrogen) atoms. The van der Waals surface area contributed by atoms with Crippen LogP contribution in [0.1, 0.15) is 40.3 Å². The molecule has 162 valence electrons. The minimum atomic E-state index is -3.69. The Morgan fingerprint density at radius 3 is 2.65 bits per heavy atom. The van der Waals surface area contributed by atoms with Crippen molar-refractivity contribution >= 4 is 50.8 Å². The molecule has 7 nitrogen and oxygen atoms in total. The average molecular weight is 458 g/mol. The normalized spacial score (nSPS) is 14.2. The summed E-state index contributed by atoms with van der Waals surface area (Å²) in [7, 11) is -3.69. The summed E-state index contributed by atoms with van der Waals surface area (Å²) in [6.45, 7) is 5.59. The molecule has 9 heteroatoms. The van der Waals surface area contributed by atoms with Crippen molar-refractivity contribution in [2.45, 2.75) is 37.8 Å². The zero-order chi connectivity index (χ0) is 22.2. The SMILES string of the molecule is Cc1ccc(NS(=O)(=O)c2ccc(/C=C/c3onc(C)c3NC(=O)C3CC3)s2)c(C)c1. The first-order chi connectivity index (χ1) is 14.7. The summed E-state index contributed by atoms with van der Waals surface area (Å²) in [4.78, 5) is 12.8. The molecule has 3 aromatic rings. The molecule has 1 aliphatic rings. The van der Waals surface area contributed by atoms with E-state index in [0.29, 0.717) is 22.8 Å². The Bertz CT molecular complexity index is 1270. The van der Waals surface area contributed by atoms with Crippen molar-refractivity contribution in [3.63, 3.8) is 0 Å². The molecule has 0 spiro atoms. The standard InChI is InChI=1S/C22H23N3O4S2/c1-13-4-9-18(14(2)12-13)25-31(27,28)20-11-8-17(30-20)7-10-19-21(15(3)24-29-19)23-22(26)16-5-6-16/h4,7-12,16,25H,5-6H2,1-3H3,(H,23,26)/b10-7+. The highest BCUT2D eigenvalue weighted by Crippen LogP contribution is 2.32. The molecule has 1 fully saturated rings. The number of sulfonamides is 1. The highest BCUT2D eigenvalue weighted by Gasteiger charge is 2.30. The third-order valence-electron chi connectivity index (χ3n) is 4.98. The van der Waals surface area contributed by atoms with Gasteiger partial charge in [0, 0.05) is 10.8 Å². The van der Waals surface area contributed by atoms with Gasteiger partial charge in [-0.3, -0.25) is 9.52 Å². The van der Waals surface area contributed by atoms with Crippen LogP contribution in [0, 0.1) is 26.7 Å². The molecule has 1 saturated carbocycles. The van der Waals surface area contributed by atoms with E-state index in [-0.39, 0.29) is 16.0 Å². The predicted molar refractivity (Wildman–Crippen MR) is 123 cm³/mol. The lowest BCUT2D eigenvalue weighted by Crippen LogP contribution is -2.14. The Kier molecular flexibility index (Phi) is 5.72. The largest absolute Gasteiger partial charge is 0.354 e. The first-order valence-corrected chi connectivity index (χ1v) is 12.2. The second-order valence-corrected chi connectivity index (χ2v) is 10.7. The molecule has 4 rings (SSSR count). The van der Waals surface area contributed by atoms with Crippen LogP contribution in [-0.4, -0.2) is 19.5 Å². The first-order valence-electron chi connectivity index (χ1n) is 9.88. The van der Waals surface area contributed by atoms with Gasteiger partial charge in [0.25, 0.3) is 10.0 Å². The lowest BCUT2D eigenvalue weighted by molar-refractivity contribution is -0.117. The number of aromatic nitrogens is 1. The van der Waals surface area contributed by atoms with E-state index in [2.05, 4.69) is 15.2 Å². The third-order valence-corrected chi connectivity index (χ3v) is 7.89. The van der Waals surface area contributed by atoms with Gasteiger partial charge in [-0.25, -0.2) is 8.42 Å². The molecule has 1 amide bonds. The van der Waals surface area contributed by atoms with Gasteiger partial charge in [0.05, 0.1) is 5.69 Å². The molecule has 0 unspecified atom stereocenters. The molecule has 1 aliphatic carbocycles. The van der Waals surface area contributed by atoms with Gasteiger partial charge in [-0.15, -0.1) is 11.3 Å². The monoisotopic (exact) mass is 457 g/mol. The third kappa shape index (κ3) is 4.88. The van der Waals surface area contributed by atoms with E-state index in [1.807, 2.05) is 26.0 Å². The number of nitrogens with one attached hydrogen (secondary N) is 2. The molecule has 0 bridgehead atoms. The number of hydrogen-bond donors (Lipinski definition) is 2. The summed E-state index contributed by atoms with van der Waals surface area (Å²) in [6, 6.07) is 8.85. The Morgan fingerprint density at radius 2 is 1.94 bits per heavy atom. The molecule has 2 aromatic heterocycles. The summed E-state index contributed by atoms with van der Waals surface area (Å²) in [6.07, 6.45) is 5.24. The molecular formula is C22H23N3O4S2. The van der Waals surface area contributed by atoms with E-state index < -0.39 is 10.0 Å². The van der Waals surface area contributed by atoms with Crippen LogP contribution < -0.4 is 10.0 Å². The zero-order valence-electron chi connectivity index (χ0n) is 17.4. The fourth-order valence-electron chi connectivity index (χ4n) is 3.07. The van der Waals surface area contributed by atoms with E-state index in [1.165, 1.54) is 0 Å². The number of hydrogen-bond acceptors (Lipinski definition) is 6. The van der Waals surface area contributed by atoms with Crippen LogP contribution in [0.4, 0.5) is 11.4 Å². The van der Waals surface area contributed by atoms with E-state index >= 15 is 0 Å². The number of benzene rings is 1. The molecule has 0 radical (unpaired) electrons. The average Bonchev–Trinajstić information content (AvgIpc) is 3.36. The minimum Gasteiger partial charge on any atom is -0.354 e. The highest BCUT2D eigenvalue weighted by molar-refractivity contribution is 7.94. The van der Waals surface area contributed by atoms with Gasteiger partial charge >= 0.3 is 0 Å². The molecular weight excluding hydrogens is 434 g/mol. The van der Waals surface area contributed by atoms with Crippen molar-refractivity contribution in [1.29, 1.82) is 0 Å². The maximum atomic E-state index is 12.8. The lowest BCUT2D eigenvalue weighted by Gasteiger charge is -2.09. The van der Waals surface area contributed by atoms with Gasteiger partial charge in [0.15, 0.2) is 5.76 Å². The number of rotatable bonds is 7. The zero-order valence-corrected chi connectivity index (χ0v) is 19.1. The fourth-order valence-corrected chi connectivity index (χ4v) is 5.43. The number of aryl methyl sites for hydroxylation is 3. The number of carbonyl (C=O) groups excluding carboxylic acids is 1. The van der Waals surface area contributed by atoms with Crippen molar-refractivity contribution in [2.24, 2.45) is 5.92 Å². The van der Waals surface area contributed by atoms with Gasteiger partial charge in [0.1, 0.15) is 15.6 Å². The minimum absolute atomic E-state index is 0.0251. The molecule has 0 aliphatic heterocycles. The summed E-state index contributed by atoms with van der Waals surface area (Å²) >= 11 is 1.14. The molecule has 0 atom stereocenters. The Hall–Kier alpha value is -2.91. The number of anilines is 2. The molecule has 1 aromatic carbocycles. The fraction of sp³-hybridized carbons (Fsp3) is 0.273. The Morgan fingerprint density at radius 1 is 1.16 bits per heavy atom. The van der Waals surface area contributed by atoms with Crippen LogP contribution in [-0.2, 0) is 14.8 Å². The number of thiophene rings is 1. The summed E-state index contributed by atoms with van der Waals surface area (Å²) in [5.74, 6) is 0.474. The molecule has 2 heterocycles. The number of carbonyl (C=O) groups is 1. The summed E-state index contributed by atoms with van der Waals surface area (Å²) < 4.78 is 33.7. The second kappa shape index (κ2) is 8.32. The lowest BCUT2D eigenvalue weighted by atomic mass is 10.1. The van der Waals surface area contributed by atoms with Gasteiger partial charge in [0.2, 0.25) is 5.91 Å². The van der Waals surface area contributed by atoms with Crippen molar-refractivity contribution in [3.8, 4) is 0 Å². The van der Waals surface area contributed by atoms with Crippen LogP contribution in [0.15, 0.2) is 39.1 Å². The number of amides is 1. The Balaban J connectivity index is 1.50. The van der Waals surface area contributed by atoms with E-state index in [0.717, 1.165) is 40.2 Å². The smallest absolute Gasteiger partial charge is 0.271 e. The molecule has 0 saturated heterocycles. The van der Waals surface area contributed by atoms with E-state index in [4.69, 9.17) is 4.52 Å². The first kappa shape index (κ1) is 21.3. The van der Waals surface area contributed by atoms with Gasteiger partial charge < -0.3 is 9.84 Å². The van der Waals surface area contributed by atoms with Crippen LogP contribution in [0.25, 0.3) is 12.2 Å². The Labute approximate surface area is 185 Å². The topological polar surface area (TPSA) is 101 Å². The van der Waals surface area contributed by atoms with E-state index in [1.54, 1.807) is 37.3 Å². The summed E-state index contributed by atoms with van der Waals surface area (Å²) in [5, 5.41) is 6.80. The van der Waals surface area contributed by atoms with Crippen molar-refractivity contribution in [3.05, 3.63) is 57.8 Å². The van der Waals surface area contributed by atoms with Gasteiger partial charge in [-0.1, -0.05) is 22.9 Å². The highest BCUT2D eigenvalue weighted by atomic mass is 32.2. The quantitative estimate of drug-likeness (QED) is 0.521. The second-order valence-electron chi connectivity index (χ2n) is 7.68. The van der Waals surface area contributed by atoms with Gasteiger partial charge in [-0.05, 0) is 69.5 Å². The predicted octanol–water partition coefficient (Wildman–Crippen LogP) is 4.98. The van der Waals surface area contributed by atoms with Crippen molar-refractivity contribution in [1.82, 2.24) is 5.16 Å². The van der Waals surface area contributed by atoms with Crippen LogP contribution in [0.2, 0.25) is 0 Å². The van der Waals surface area contributed by atoms with Crippen molar-refractivity contribution in [2.75, 3.05) is 10.0 Å². The van der Waals surface area contributed by atoms with Crippen LogP contribution in [0.5, 0.6) is 0 Å². The van der Waals surface area contributed by atoms with E-state index in [9.17, 15) is 13.2 Å². The van der Waals surface area contributed by atoms with Crippen LogP contribution >= 0.6 is 11.3 Å². The van der Waals surface area contributed by atoms with Crippen molar-refractivity contribution < 1.29 is 17.7 Å². The molecule has 2 N–H and O–H groups in total. The maximum Gasteiger partial charge on any atom is 0.271 e. The van der Waals surface area contributed by atoms with Gasteiger partial charge in [-0.2, -0.15) is 0 Å². The van der Waals surface area contributed by atoms with Crippen LogP contribution in [0.3, 0.4) is 0 Å².